The molecule has 23 heavy (non-hydrogen) atoms. The Kier molecular flexibility index (Phi) is 4.76. The Labute approximate surface area is 135 Å². The Bertz CT molecular complexity index is 675. The molecule has 1 saturated carbocycles. The van der Waals surface area contributed by atoms with Gasteiger partial charge in [0.1, 0.15) is 5.76 Å². The number of carbonyl (C=O) groups excluding carboxylic acids is 2. The molecule has 1 aromatic carbocycles. The lowest BCUT2D eigenvalue weighted by atomic mass is 10.2. The highest BCUT2D eigenvalue weighted by atomic mass is 16.3. The summed E-state index contributed by atoms with van der Waals surface area (Å²) in [5.41, 5.74) is 1.74. The van der Waals surface area contributed by atoms with Gasteiger partial charge in [-0.15, -0.1) is 0 Å². The van der Waals surface area contributed by atoms with Crippen LogP contribution in [0.1, 0.15) is 30.6 Å². The van der Waals surface area contributed by atoms with Crippen LogP contribution in [0.15, 0.2) is 47.1 Å². The van der Waals surface area contributed by atoms with Crippen LogP contribution in [0.5, 0.6) is 0 Å². The molecule has 2 amide bonds. The van der Waals surface area contributed by atoms with Crippen LogP contribution in [0.3, 0.4) is 0 Å². The second-order valence-corrected chi connectivity index (χ2v) is 5.82. The average Bonchev–Trinajstić information content (AvgIpc) is 3.28. The number of nitrogens with one attached hydrogen (secondary N) is 2. The predicted molar refractivity (Wildman–Crippen MR) is 86.7 cm³/mol. The number of hydrogen-bond donors (Lipinski definition) is 2. The molecule has 2 aromatic rings. The van der Waals surface area contributed by atoms with Crippen molar-refractivity contribution < 1.29 is 14.0 Å². The monoisotopic (exact) mass is 312 g/mol. The van der Waals surface area contributed by atoms with E-state index >= 15 is 0 Å². The van der Waals surface area contributed by atoms with Crippen molar-refractivity contribution in [3.63, 3.8) is 0 Å². The quantitative estimate of drug-likeness (QED) is 0.826. The number of rotatable bonds is 7. The lowest BCUT2D eigenvalue weighted by Crippen LogP contribution is -2.23. The summed E-state index contributed by atoms with van der Waals surface area (Å²) < 4.78 is 5.20. The van der Waals surface area contributed by atoms with Gasteiger partial charge in [0.2, 0.25) is 11.8 Å². The molecule has 0 aliphatic heterocycles. The summed E-state index contributed by atoms with van der Waals surface area (Å²) in [6, 6.07) is 11.2. The first-order valence-corrected chi connectivity index (χ1v) is 7.89. The van der Waals surface area contributed by atoms with Gasteiger partial charge in [0.15, 0.2) is 0 Å². The summed E-state index contributed by atoms with van der Waals surface area (Å²) in [6.45, 7) is 0.449. The van der Waals surface area contributed by atoms with E-state index < -0.39 is 0 Å². The van der Waals surface area contributed by atoms with E-state index in [9.17, 15) is 9.59 Å². The summed E-state index contributed by atoms with van der Waals surface area (Å²) >= 11 is 0. The van der Waals surface area contributed by atoms with Crippen molar-refractivity contribution in [2.45, 2.75) is 32.2 Å². The van der Waals surface area contributed by atoms with Crippen molar-refractivity contribution in [1.82, 2.24) is 5.32 Å². The van der Waals surface area contributed by atoms with E-state index in [1.165, 1.54) is 0 Å². The van der Waals surface area contributed by atoms with Crippen LogP contribution in [0.25, 0.3) is 0 Å². The Hall–Kier alpha value is -2.56. The van der Waals surface area contributed by atoms with Crippen LogP contribution < -0.4 is 10.6 Å². The molecule has 1 heterocycles. The molecule has 5 nitrogen and oxygen atoms in total. The topological polar surface area (TPSA) is 71.3 Å². The largest absolute Gasteiger partial charge is 0.469 e. The van der Waals surface area contributed by atoms with E-state index in [-0.39, 0.29) is 17.7 Å². The third-order valence-electron chi connectivity index (χ3n) is 3.81. The second-order valence-electron chi connectivity index (χ2n) is 5.82. The van der Waals surface area contributed by atoms with Crippen molar-refractivity contribution in [1.29, 1.82) is 0 Å². The number of benzene rings is 1. The lowest BCUT2D eigenvalue weighted by Gasteiger charge is -2.08. The van der Waals surface area contributed by atoms with E-state index in [1.54, 1.807) is 6.26 Å². The third-order valence-corrected chi connectivity index (χ3v) is 3.81. The molecule has 0 bridgehead atoms. The Balaban J connectivity index is 1.45. The first-order valence-electron chi connectivity index (χ1n) is 7.89. The van der Waals surface area contributed by atoms with E-state index in [0.29, 0.717) is 19.4 Å². The molecule has 120 valence electrons. The Morgan fingerprint density at radius 3 is 2.78 bits per heavy atom. The van der Waals surface area contributed by atoms with Crippen molar-refractivity contribution in [2.24, 2.45) is 5.92 Å². The molecule has 0 saturated heterocycles. The number of hydrogen-bond acceptors (Lipinski definition) is 3. The molecule has 5 heteroatoms. The van der Waals surface area contributed by atoms with Gasteiger partial charge in [-0.25, -0.2) is 0 Å². The van der Waals surface area contributed by atoms with Crippen LogP contribution in [0, 0.1) is 5.92 Å². The first-order chi connectivity index (χ1) is 11.2. The van der Waals surface area contributed by atoms with Gasteiger partial charge in [-0.05, 0) is 42.7 Å². The molecule has 1 aromatic heterocycles. The molecule has 1 aliphatic carbocycles. The summed E-state index contributed by atoms with van der Waals surface area (Å²) in [7, 11) is 0. The maximum atomic E-state index is 11.8. The summed E-state index contributed by atoms with van der Waals surface area (Å²) in [6.07, 6.45) is 4.56. The number of carbonyl (C=O) groups is 2. The number of amides is 2. The molecular formula is C18H20N2O3. The van der Waals surface area contributed by atoms with Gasteiger partial charge in [-0.2, -0.15) is 0 Å². The standard InChI is InChI=1S/C18H20N2O3/c21-17(9-8-16-5-2-10-23-16)19-12-13-3-1-4-15(11-13)20-18(22)14-6-7-14/h1-5,10-11,14H,6-9,12H2,(H,19,21)(H,20,22). The summed E-state index contributed by atoms with van der Waals surface area (Å²) in [5, 5.41) is 5.80. The second kappa shape index (κ2) is 7.13. The van der Waals surface area contributed by atoms with Gasteiger partial charge in [0, 0.05) is 31.0 Å². The molecular weight excluding hydrogens is 292 g/mol. The average molecular weight is 312 g/mol. The Morgan fingerprint density at radius 2 is 2.04 bits per heavy atom. The fourth-order valence-electron chi connectivity index (χ4n) is 2.33. The first kappa shape index (κ1) is 15.3. The molecule has 0 atom stereocenters. The summed E-state index contributed by atoms with van der Waals surface area (Å²) in [5.74, 6) is 1.06. The number of furan rings is 1. The lowest BCUT2D eigenvalue weighted by molar-refractivity contribution is -0.121. The molecule has 3 rings (SSSR count). The minimum Gasteiger partial charge on any atom is -0.469 e. The molecule has 0 unspecified atom stereocenters. The fraction of sp³-hybridized carbons (Fsp3) is 0.333. The fourth-order valence-corrected chi connectivity index (χ4v) is 2.33. The zero-order valence-electron chi connectivity index (χ0n) is 12.9. The highest BCUT2D eigenvalue weighted by Gasteiger charge is 2.29. The number of aryl methyl sites for hydroxylation is 1. The summed E-state index contributed by atoms with van der Waals surface area (Å²) in [4.78, 5) is 23.6. The van der Waals surface area contributed by atoms with Crippen LogP contribution >= 0.6 is 0 Å². The zero-order valence-corrected chi connectivity index (χ0v) is 12.9. The van der Waals surface area contributed by atoms with E-state index in [1.807, 2.05) is 36.4 Å². The van der Waals surface area contributed by atoms with Crippen LogP contribution in [-0.2, 0) is 22.6 Å². The van der Waals surface area contributed by atoms with Gasteiger partial charge in [0.25, 0.3) is 0 Å². The molecule has 1 aliphatic rings. The van der Waals surface area contributed by atoms with E-state index in [0.717, 1.165) is 29.9 Å². The van der Waals surface area contributed by atoms with Crippen molar-refractivity contribution in [3.05, 3.63) is 54.0 Å². The van der Waals surface area contributed by atoms with E-state index in [2.05, 4.69) is 10.6 Å². The smallest absolute Gasteiger partial charge is 0.227 e. The number of anilines is 1. The highest BCUT2D eigenvalue weighted by molar-refractivity contribution is 5.94. The van der Waals surface area contributed by atoms with Gasteiger partial charge < -0.3 is 15.1 Å². The zero-order chi connectivity index (χ0) is 16.1. The third kappa shape index (κ3) is 4.71. The molecule has 2 N–H and O–H groups in total. The SMILES string of the molecule is O=C(CCc1ccco1)NCc1cccc(NC(=O)C2CC2)c1. The van der Waals surface area contributed by atoms with Gasteiger partial charge in [0.05, 0.1) is 6.26 Å². The predicted octanol–water partition coefficient (Wildman–Crippen LogP) is 2.88. The van der Waals surface area contributed by atoms with Crippen LogP contribution in [-0.4, -0.2) is 11.8 Å². The van der Waals surface area contributed by atoms with Gasteiger partial charge in [-0.1, -0.05) is 12.1 Å². The van der Waals surface area contributed by atoms with Crippen molar-refractivity contribution >= 4 is 17.5 Å². The van der Waals surface area contributed by atoms with Crippen molar-refractivity contribution in [3.8, 4) is 0 Å². The van der Waals surface area contributed by atoms with Crippen LogP contribution in [0.4, 0.5) is 5.69 Å². The highest BCUT2D eigenvalue weighted by Crippen LogP contribution is 2.30. The molecule has 1 fully saturated rings. The minimum atomic E-state index is -0.0196. The Morgan fingerprint density at radius 1 is 1.17 bits per heavy atom. The maximum Gasteiger partial charge on any atom is 0.227 e. The minimum absolute atomic E-state index is 0.0196. The van der Waals surface area contributed by atoms with E-state index in [4.69, 9.17) is 4.42 Å². The van der Waals surface area contributed by atoms with Crippen molar-refractivity contribution in [2.75, 3.05) is 5.32 Å². The van der Waals surface area contributed by atoms with Gasteiger partial charge in [-0.3, -0.25) is 9.59 Å². The molecule has 0 radical (unpaired) electrons. The maximum absolute atomic E-state index is 11.8. The van der Waals surface area contributed by atoms with Crippen LogP contribution in [0.2, 0.25) is 0 Å². The normalized spacial score (nSPS) is 13.6. The molecule has 0 spiro atoms. The van der Waals surface area contributed by atoms with Gasteiger partial charge >= 0.3 is 0 Å².